The van der Waals surface area contributed by atoms with Gasteiger partial charge in [0.1, 0.15) is 23.9 Å². The molecule has 3 rings (SSSR count). The zero-order chi connectivity index (χ0) is 43.2. The Hall–Kier alpha value is -3.23. The maximum absolute atomic E-state index is 13.4. The summed E-state index contributed by atoms with van der Waals surface area (Å²) in [4.78, 5) is 15.3. The van der Waals surface area contributed by atoms with Crippen molar-refractivity contribution >= 4 is 5.91 Å². The molecule has 0 aromatic heterocycles. The molecule has 0 aromatic rings. The van der Waals surface area contributed by atoms with Gasteiger partial charge in [-0.05, 0) is 81.3 Å². The molecule has 3 heterocycles. The van der Waals surface area contributed by atoms with Crippen molar-refractivity contribution in [2.75, 3.05) is 20.7 Å². The molecule has 12 atom stereocenters. The van der Waals surface area contributed by atoms with Gasteiger partial charge in [-0.1, -0.05) is 122 Å². The van der Waals surface area contributed by atoms with E-state index in [4.69, 9.17) is 24.7 Å². The number of likely N-dealkylation sites (N-methyl/N-ethyl adjacent to an activating group) is 1. The van der Waals surface area contributed by atoms with Crippen molar-refractivity contribution in [3.05, 3.63) is 107 Å². The van der Waals surface area contributed by atoms with Crippen LogP contribution in [0.25, 0.3) is 0 Å². The lowest BCUT2D eigenvalue weighted by molar-refractivity contribution is -0.310. The summed E-state index contributed by atoms with van der Waals surface area (Å²) in [5.74, 6) is 0.302. The molecule has 11 nitrogen and oxygen atoms in total. The molecule has 2 saturated heterocycles. The highest BCUT2D eigenvalue weighted by Crippen LogP contribution is 2.34. The smallest absolute Gasteiger partial charge is 0.247 e. The van der Waals surface area contributed by atoms with Gasteiger partial charge < -0.3 is 50.2 Å². The monoisotopic (exact) mass is 808 g/mol. The summed E-state index contributed by atoms with van der Waals surface area (Å²) in [7, 11) is 3.79. The van der Waals surface area contributed by atoms with Gasteiger partial charge in [0.25, 0.3) is 0 Å². The Kier molecular flexibility index (Phi) is 19.4. The Bertz CT molecular complexity index is 1620. The highest BCUT2D eigenvalue weighted by molar-refractivity contribution is 5.94. The van der Waals surface area contributed by atoms with E-state index in [1.807, 2.05) is 102 Å². The minimum atomic E-state index is -1.53. The van der Waals surface area contributed by atoms with Crippen LogP contribution in [0.2, 0.25) is 0 Å². The number of hydrogen-bond acceptors (Lipinski definition) is 10. The number of nitrogens with two attached hydrogens (primary N) is 1. The van der Waals surface area contributed by atoms with Crippen molar-refractivity contribution in [3.8, 4) is 0 Å². The molecular weight excluding hydrogens is 735 g/mol. The SMILES string of the molecule is CC[C@H](C)C\C1=C/C(C)=C\C=C/C=C/[C@@](C)(O)[C@@H](O[C@@H]2OC[C@@H](O[C@H]3C[C@@](C)(O)[C@H](N(C)C)[C@@H](C)O3)[C@H](O)[C@H]2N)/C=C/C=C/C(C)=C\C=C\C(C)=C/C[C@H](C)NC1=O. The van der Waals surface area contributed by atoms with Crippen molar-refractivity contribution in [3.63, 3.8) is 0 Å². The van der Waals surface area contributed by atoms with Crippen LogP contribution in [-0.2, 0) is 23.7 Å². The Labute approximate surface area is 348 Å². The lowest BCUT2D eigenvalue weighted by Crippen LogP contribution is -2.63. The molecule has 58 heavy (non-hydrogen) atoms. The van der Waals surface area contributed by atoms with E-state index in [0.29, 0.717) is 18.8 Å². The fourth-order valence-electron chi connectivity index (χ4n) is 7.42. The van der Waals surface area contributed by atoms with Crippen LogP contribution < -0.4 is 11.1 Å². The summed E-state index contributed by atoms with van der Waals surface area (Å²) < 4.78 is 24.6. The number of aliphatic hydroxyl groups excluding tert-OH is 1. The van der Waals surface area contributed by atoms with Gasteiger partial charge in [0.15, 0.2) is 12.6 Å². The molecule has 1 amide bonds. The van der Waals surface area contributed by atoms with E-state index >= 15 is 0 Å². The second kappa shape index (κ2) is 23.0. The number of carbonyl (C=O) groups excluding carboxylic acids is 1. The van der Waals surface area contributed by atoms with E-state index in [9.17, 15) is 20.1 Å². The predicted molar refractivity (Wildman–Crippen MR) is 232 cm³/mol. The first kappa shape index (κ1) is 49.1. The average Bonchev–Trinajstić information content (AvgIpc) is 3.12. The van der Waals surface area contributed by atoms with Crippen molar-refractivity contribution in [2.45, 2.75) is 154 Å². The molecule has 0 bridgehead atoms. The molecule has 0 aliphatic carbocycles. The van der Waals surface area contributed by atoms with Gasteiger partial charge in [-0.2, -0.15) is 0 Å². The van der Waals surface area contributed by atoms with Crippen LogP contribution in [-0.4, -0.2) is 113 Å². The predicted octanol–water partition coefficient (Wildman–Crippen LogP) is 6.26. The van der Waals surface area contributed by atoms with Gasteiger partial charge in [0.05, 0.1) is 30.4 Å². The van der Waals surface area contributed by atoms with Crippen LogP contribution in [0, 0.1) is 5.92 Å². The fourth-order valence-corrected chi connectivity index (χ4v) is 7.42. The van der Waals surface area contributed by atoms with Gasteiger partial charge in [0.2, 0.25) is 5.91 Å². The third-order valence-corrected chi connectivity index (χ3v) is 10.9. The third kappa shape index (κ3) is 15.4. The maximum Gasteiger partial charge on any atom is 0.247 e. The molecule has 3 aliphatic rings. The largest absolute Gasteiger partial charge is 0.388 e. The number of nitrogens with one attached hydrogen (secondary N) is 1. The van der Waals surface area contributed by atoms with E-state index in [1.165, 1.54) is 0 Å². The number of amides is 1. The minimum Gasteiger partial charge on any atom is -0.388 e. The molecule has 11 heteroatoms. The van der Waals surface area contributed by atoms with Gasteiger partial charge in [-0.15, -0.1) is 0 Å². The first-order valence-corrected chi connectivity index (χ1v) is 20.8. The van der Waals surface area contributed by atoms with Crippen molar-refractivity contribution in [1.82, 2.24) is 10.2 Å². The first-order chi connectivity index (χ1) is 27.2. The lowest BCUT2D eigenvalue weighted by atomic mass is 9.85. The number of aliphatic hydroxyl groups is 3. The van der Waals surface area contributed by atoms with E-state index in [0.717, 1.165) is 28.7 Å². The fraction of sp³-hybridized carbons (Fsp3) is 0.596. The summed E-state index contributed by atoms with van der Waals surface area (Å²) in [6.45, 7) is 17.5. The Balaban J connectivity index is 1.86. The maximum atomic E-state index is 13.4. The zero-order valence-electron chi connectivity index (χ0n) is 36.8. The van der Waals surface area contributed by atoms with Crippen LogP contribution in [0.1, 0.15) is 88.0 Å². The van der Waals surface area contributed by atoms with Gasteiger partial charge in [0, 0.05) is 18.0 Å². The van der Waals surface area contributed by atoms with E-state index in [2.05, 4.69) is 25.2 Å². The third-order valence-electron chi connectivity index (χ3n) is 10.9. The zero-order valence-corrected chi connectivity index (χ0v) is 36.8. The number of rotatable bonds is 8. The van der Waals surface area contributed by atoms with Gasteiger partial charge in [-0.3, -0.25) is 4.79 Å². The van der Waals surface area contributed by atoms with E-state index < -0.39 is 48.1 Å². The number of allylic oxidation sites excluding steroid dienone is 14. The van der Waals surface area contributed by atoms with Crippen molar-refractivity contribution in [2.24, 2.45) is 11.7 Å². The number of hydrogen-bond donors (Lipinski definition) is 5. The molecule has 3 aliphatic heterocycles. The average molecular weight is 808 g/mol. The molecule has 0 saturated carbocycles. The molecular formula is C47H73N3O8. The standard InChI is InChI=1S/C47H73N3O8/c1-12-31(2)27-37-28-34(5)20-14-13-17-26-46(8,53)39(23-16-15-19-32(3)21-18-22-33(4)24-25-35(6)49-44(37)52)58-45-41(48)42(51)38(30-55-45)57-40-29-47(9,54)43(50(10)11)36(7)56-40/h13-24,26,28,31,35-36,38-43,45,51,53-54H,12,25,27,29-30,48H2,1-11H3,(H,49,52)/b14-13-,19-15+,22-18+,23-16+,26-17+,32-21-,33-24-,34-20-,37-28+/t31-,35-,36+,38+,39-,40-,41+,42-,43+,45-,46+,47+/m0/s1. The molecule has 0 spiro atoms. The highest BCUT2D eigenvalue weighted by atomic mass is 16.7. The van der Waals surface area contributed by atoms with Crippen LogP contribution in [0.15, 0.2) is 107 Å². The summed E-state index contributed by atoms with van der Waals surface area (Å²) in [5.41, 5.74) is 7.66. The quantitative estimate of drug-likeness (QED) is 0.190. The topological polar surface area (TPSA) is 156 Å². The van der Waals surface area contributed by atoms with Crippen molar-refractivity contribution in [1.29, 1.82) is 0 Å². The molecule has 0 unspecified atom stereocenters. The second-order valence-electron chi connectivity index (χ2n) is 17.1. The molecule has 0 radical (unpaired) electrons. The summed E-state index contributed by atoms with van der Waals surface area (Å²) in [5, 5.41) is 37.5. The summed E-state index contributed by atoms with van der Waals surface area (Å²) in [6, 6.07) is -1.28. The first-order valence-electron chi connectivity index (χ1n) is 20.8. The number of nitrogens with zero attached hydrogens (tertiary/aromatic N) is 1. The van der Waals surface area contributed by atoms with Gasteiger partial charge >= 0.3 is 0 Å². The number of carbonyl (C=O) groups is 1. The molecule has 0 aromatic carbocycles. The summed E-state index contributed by atoms with van der Waals surface area (Å²) >= 11 is 0. The minimum absolute atomic E-state index is 0.0261. The van der Waals surface area contributed by atoms with E-state index in [1.54, 1.807) is 44.2 Å². The molecule has 2 fully saturated rings. The van der Waals surface area contributed by atoms with Crippen LogP contribution in [0.5, 0.6) is 0 Å². The second-order valence-corrected chi connectivity index (χ2v) is 17.1. The molecule has 6 N–H and O–H groups in total. The Morgan fingerprint density at radius 2 is 1.67 bits per heavy atom. The summed E-state index contributed by atoms with van der Waals surface area (Å²) in [6.07, 6.45) is 23.8. The lowest BCUT2D eigenvalue weighted by Gasteiger charge is -2.48. The number of ether oxygens (including phenoxy) is 4. The Morgan fingerprint density at radius 1 is 0.983 bits per heavy atom. The normalized spacial score (nSPS) is 42.1. The molecule has 324 valence electrons. The Morgan fingerprint density at radius 3 is 2.34 bits per heavy atom. The van der Waals surface area contributed by atoms with Gasteiger partial charge in [-0.25, -0.2) is 0 Å². The van der Waals surface area contributed by atoms with E-state index in [-0.39, 0.29) is 37.1 Å². The van der Waals surface area contributed by atoms with Crippen LogP contribution >= 0.6 is 0 Å². The van der Waals surface area contributed by atoms with Crippen molar-refractivity contribution < 1.29 is 39.1 Å². The van der Waals surface area contributed by atoms with Crippen LogP contribution in [0.3, 0.4) is 0 Å². The van der Waals surface area contributed by atoms with Crippen LogP contribution in [0.4, 0.5) is 0 Å². The highest BCUT2D eigenvalue weighted by Gasteiger charge is 2.48.